The van der Waals surface area contributed by atoms with Crippen molar-refractivity contribution in [3.05, 3.63) is 98.0 Å². The van der Waals surface area contributed by atoms with Gasteiger partial charge < -0.3 is 10.1 Å². The number of ether oxygens (including phenoxy) is 1. The summed E-state index contributed by atoms with van der Waals surface area (Å²) in [5, 5.41) is 17.4. The smallest absolute Gasteiger partial charge is 0.343 e. The van der Waals surface area contributed by atoms with E-state index in [-0.39, 0.29) is 22.9 Å². The standard InChI is InChI=1S/C24H19BrN4O6/c1-2-22(30)27-19-8-3-15(4-9-19)23(31)28-26-14-17-13-18(25)7-12-21(17)35-24(32)16-5-10-20(11-6-16)29(33)34/h3-14H,2H2,1H3,(H,27,30)(H,28,31)/b26-14-. The van der Waals surface area contributed by atoms with Gasteiger partial charge in [-0.15, -0.1) is 0 Å². The van der Waals surface area contributed by atoms with Gasteiger partial charge in [0.05, 0.1) is 16.7 Å². The number of rotatable bonds is 8. The molecule has 0 aromatic heterocycles. The van der Waals surface area contributed by atoms with Crippen molar-refractivity contribution >= 4 is 51.3 Å². The molecule has 0 bridgehead atoms. The van der Waals surface area contributed by atoms with Crippen LogP contribution in [0.1, 0.15) is 39.6 Å². The van der Waals surface area contributed by atoms with Crippen molar-refractivity contribution in [3.63, 3.8) is 0 Å². The van der Waals surface area contributed by atoms with Crippen LogP contribution < -0.4 is 15.5 Å². The normalized spacial score (nSPS) is 10.6. The lowest BCUT2D eigenvalue weighted by atomic mass is 10.2. The van der Waals surface area contributed by atoms with Crippen molar-refractivity contribution in [2.24, 2.45) is 5.10 Å². The number of nitrogens with zero attached hydrogens (tertiary/aromatic N) is 2. The fourth-order valence-electron chi connectivity index (χ4n) is 2.77. The van der Waals surface area contributed by atoms with Crippen LogP contribution in [0.3, 0.4) is 0 Å². The van der Waals surface area contributed by atoms with E-state index < -0.39 is 16.8 Å². The number of anilines is 1. The Morgan fingerprint density at radius 3 is 2.31 bits per heavy atom. The van der Waals surface area contributed by atoms with Gasteiger partial charge in [0.1, 0.15) is 5.75 Å². The van der Waals surface area contributed by atoms with E-state index in [1.165, 1.54) is 30.5 Å². The molecule has 0 heterocycles. The Labute approximate surface area is 208 Å². The minimum Gasteiger partial charge on any atom is -0.422 e. The minimum atomic E-state index is -0.712. The predicted octanol–water partition coefficient (Wildman–Crippen LogP) is 4.69. The summed E-state index contributed by atoms with van der Waals surface area (Å²) in [4.78, 5) is 46.5. The van der Waals surface area contributed by atoms with E-state index in [9.17, 15) is 24.5 Å². The quantitative estimate of drug-likeness (QED) is 0.140. The Morgan fingerprint density at radius 1 is 1.03 bits per heavy atom. The van der Waals surface area contributed by atoms with Crippen LogP contribution in [-0.2, 0) is 4.79 Å². The molecule has 2 N–H and O–H groups in total. The van der Waals surface area contributed by atoms with Crippen LogP contribution in [-0.4, -0.2) is 28.9 Å². The highest BCUT2D eigenvalue weighted by Crippen LogP contribution is 2.23. The summed E-state index contributed by atoms with van der Waals surface area (Å²) >= 11 is 3.33. The highest BCUT2D eigenvalue weighted by molar-refractivity contribution is 9.10. The number of nitro benzene ring substituents is 1. The van der Waals surface area contributed by atoms with Crippen molar-refractivity contribution in [2.45, 2.75) is 13.3 Å². The van der Waals surface area contributed by atoms with Gasteiger partial charge in [-0.1, -0.05) is 22.9 Å². The van der Waals surface area contributed by atoms with Crippen LogP contribution >= 0.6 is 15.9 Å². The first kappa shape index (κ1) is 25.2. The number of carbonyl (C=O) groups is 3. The molecule has 0 saturated carbocycles. The maximum absolute atomic E-state index is 12.5. The highest BCUT2D eigenvalue weighted by Gasteiger charge is 2.14. The highest BCUT2D eigenvalue weighted by atomic mass is 79.9. The molecule has 178 valence electrons. The number of non-ortho nitro benzene ring substituents is 1. The summed E-state index contributed by atoms with van der Waals surface area (Å²) < 4.78 is 6.10. The van der Waals surface area contributed by atoms with Gasteiger partial charge in [-0.05, 0) is 54.6 Å². The lowest BCUT2D eigenvalue weighted by Gasteiger charge is -2.08. The number of amides is 2. The molecule has 3 aromatic carbocycles. The zero-order valence-corrected chi connectivity index (χ0v) is 19.9. The third kappa shape index (κ3) is 7.05. The zero-order chi connectivity index (χ0) is 25.4. The van der Waals surface area contributed by atoms with Gasteiger partial charge >= 0.3 is 5.97 Å². The molecular formula is C24H19BrN4O6. The number of nitro groups is 1. The molecule has 11 heteroatoms. The van der Waals surface area contributed by atoms with Crippen molar-refractivity contribution in [1.82, 2.24) is 5.43 Å². The number of nitrogens with one attached hydrogen (secondary N) is 2. The largest absolute Gasteiger partial charge is 0.422 e. The van der Waals surface area contributed by atoms with Gasteiger partial charge in [0, 0.05) is 39.8 Å². The number of hydrogen-bond acceptors (Lipinski definition) is 7. The van der Waals surface area contributed by atoms with Crippen molar-refractivity contribution < 1.29 is 24.0 Å². The summed E-state index contributed by atoms with van der Waals surface area (Å²) in [7, 11) is 0. The Hall–Kier alpha value is -4.38. The van der Waals surface area contributed by atoms with E-state index in [2.05, 4.69) is 31.8 Å². The number of carbonyl (C=O) groups excluding carboxylic acids is 3. The van der Waals surface area contributed by atoms with Gasteiger partial charge in [-0.25, -0.2) is 10.2 Å². The average Bonchev–Trinajstić information content (AvgIpc) is 2.85. The van der Waals surface area contributed by atoms with E-state index in [0.29, 0.717) is 27.7 Å². The van der Waals surface area contributed by atoms with Crippen molar-refractivity contribution in [2.75, 3.05) is 5.32 Å². The Balaban J connectivity index is 1.67. The van der Waals surface area contributed by atoms with Gasteiger partial charge in [-0.2, -0.15) is 5.10 Å². The molecule has 0 aliphatic rings. The molecule has 0 radical (unpaired) electrons. The van der Waals surface area contributed by atoms with Crippen LogP contribution in [0.4, 0.5) is 11.4 Å². The van der Waals surface area contributed by atoms with Gasteiger partial charge in [0.25, 0.3) is 11.6 Å². The minimum absolute atomic E-state index is 0.133. The topological polar surface area (TPSA) is 140 Å². The van der Waals surface area contributed by atoms with Crippen molar-refractivity contribution in [1.29, 1.82) is 0 Å². The monoisotopic (exact) mass is 538 g/mol. The molecule has 0 aliphatic carbocycles. The van der Waals surface area contributed by atoms with E-state index in [0.717, 1.165) is 0 Å². The Morgan fingerprint density at radius 2 is 1.69 bits per heavy atom. The van der Waals surface area contributed by atoms with Gasteiger partial charge in [-0.3, -0.25) is 19.7 Å². The van der Waals surface area contributed by atoms with Gasteiger partial charge in [0.2, 0.25) is 5.91 Å². The molecule has 0 fully saturated rings. The van der Waals surface area contributed by atoms with Crippen LogP contribution in [0.5, 0.6) is 5.75 Å². The molecule has 3 aromatic rings. The lowest BCUT2D eigenvalue weighted by Crippen LogP contribution is -2.18. The predicted molar refractivity (Wildman–Crippen MR) is 133 cm³/mol. The first-order valence-electron chi connectivity index (χ1n) is 10.3. The number of esters is 1. The first-order chi connectivity index (χ1) is 16.8. The SMILES string of the molecule is CCC(=O)Nc1ccc(C(=O)N/N=C\c2cc(Br)ccc2OC(=O)c2ccc([N+](=O)[O-])cc2)cc1. The third-order valence-corrected chi connectivity index (χ3v) is 5.10. The molecule has 2 amide bonds. The molecule has 10 nitrogen and oxygen atoms in total. The van der Waals surface area contributed by atoms with Crippen LogP contribution in [0, 0.1) is 10.1 Å². The fourth-order valence-corrected chi connectivity index (χ4v) is 3.15. The first-order valence-corrected chi connectivity index (χ1v) is 11.1. The molecule has 0 spiro atoms. The van der Waals surface area contributed by atoms with E-state index in [4.69, 9.17) is 4.74 Å². The van der Waals surface area contributed by atoms with Crippen LogP contribution in [0.25, 0.3) is 0 Å². The molecule has 35 heavy (non-hydrogen) atoms. The maximum atomic E-state index is 12.5. The second kappa shape index (κ2) is 11.7. The maximum Gasteiger partial charge on any atom is 0.343 e. The summed E-state index contributed by atoms with van der Waals surface area (Å²) in [5.74, 6) is -1.15. The fraction of sp³-hybridized carbons (Fsp3) is 0.0833. The number of halogens is 1. The summed E-state index contributed by atoms with van der Waals surface area (Å²) in [6, 6.07) is 16.2. The average molecular weight is 539 g/mol. The lowest BCUT2D eigenvalue weighted by molar-refractivity contribution is -0.384. The number of benzene rings is 3. The van der Waals surface area contributed by atoms with E-state index >= 15 is 0 Å². The summed E-state index contributed by atoms with van der Waals surface area (Å²) in [6.07, 6.45) is 1.66. The number of hydrogen-bond donors (Lipinski definition) is 2. The second-order valence-corrected chi connectivity index (χ2v) is 7.97. The van der Waals surface area contributed by atoms with Crippen LogP contribution in [0.15, 0.2) is 76.3 Å². The van der Waals surface area contributed by atoms with Crippen LogP contribution in [0.2, 0.25) is 0 Å². The third-order valence-electron chi connectivity index (χ3n) is 4.61. The van der Waals surface area contributed by atoms with Crippen molar-refractivity contribution in [3.8, 4) is 5.75 Å². The molecule has 3 rings (SSSR count). The van der Waals surface area contributed by atoms with E-state index in [1.807, 2.05) is 0 Å². The summed E-state index contributed by atoms with van der Waals surface area (Å²) in [5.41, 5.74) is 3.68. The van der Waals surface area contributed by atoms with Gasteiger partial charge in [0.15, 0.2) is 0 Å². The second-order valence-electron chi connectivity index (χ2n) is 7.05. The molecule has 0 unspecified atom stereocenters. The molecule has 0 aliphatic heterocycles. The molecular weight excluding hydrogens is 520 g/mol. The Kier molecular flexibility index (Phi) is 8.41. The van der Waals surface area contributed by atoms with E-state index in [1.54, 1.807) is 49.4 Å². The summed E-state index contributed by atoms with van der Waals surface area (Å²) in [6.45, 7) is 1.74. The Bertz CT molecular complexity index is 1290. The molecule has 0 saturated heterocycles. The number of hydrazone groups is 1. The molecule has 0 atom stereocenters. The zero-order valence-electron chi connectivity index (χ0n) is 18.4.